The lowest BCUT2D eigenvalue weighted by molar-refractivity contribution is 1.31. The van der Waals surface area contributed by atoms with Crippen molar-refractivity contribution in [3.63, 3.8) is 0 Å². The molecule has 0 saturated carbocycles. The van der Waals surface area contributed by atoms with E-state index in [9.17, 15) is 5.26 Å². The highest BCUT2D eigenvalue weighted by Gasteiger charge is 2.10. The molecule has 1 heterocycles. The van der Waals surface area contributed by atoms with Crippen LogP contribution in [0.15, 0.2) is 65.1 Å². The van der Waals surface area contributed by atoms with Crippen molar-refractivity contribution in [2.45, 2.75) is 0 Å². The molecule has 1 N–H and O–H groups in total. The van der Waals surface area contributed by atoms with E-state index >= 15 is 0 Å². The van der Waals surface area contributed by atoms with E-state index in [-0.39, 0.29) is 5.71 Å². The van der Waals surface area contributed by atoms with Crippen LogP contribution in [0.4, 0.5) is 5.69 Å². The fraction of sp³-hybridized carbons (Fsp3) is 0. The Hall–Kier alpha value is -2.68. The Kier molecular flexibility index (Phi) is 4.67. The summed E-state index contributed by atoms with van der Waals surface area (Å²) in [5.74, 6) is 0. The van der Waals surface area contributed by atoms with Crippen LogP contribution in [0.2, 0.25) is 5.02 Å². The standard InChI is InChI=1S/C17H11ClN4S/c18-13-8-4-5-9-14(13)21-22-15(10-19)17-20-16(11-23-17)12-6-2-1-3-7-12/h1-9,11,21H/b22-15+. The number of para-hydroxylation sites is 1. The number of aromatic nitrogens is 1. The number of hydrogen-bond acceptors (Lipinski definition) is 5. The van der Waals surface area contributed by atoms with Gasteiger partial charge in [-0.05, 0) is 12.1 Å². The minimum absolute atomic E-state index is 0.220. The van der Waals surface area contributed by atoms with Gasteiger partial charge in [-0.25, -0.2) is 4.98 Å². The fourth-order valence-corrected chi connectivity index (χ4v) is 2.86. The summed E-state index contributed by atoms with van der Waals surface area (Å²) in [5, 5.41) is 16.4. The summed E-state index contributed by atoms with van der Waals surface area (Å²) >= 11 is 7.43. The maximum absolute atomic E-state index is 9.32. The first kappa shape index (κ1) is 15.2. The van der Waals surface area contributed by atoms with E-state index in [2.05, 4.69) is 21.6 Å². The number of benzene rings is 2. The van der Waals surface area contributed by atoms with E-state index in [1.807, 2.05) is 47.8 Å². The first-order valence-corrected chi connectivity index (χ1v) is 8.03. The summed E-state index contributed by atoms with van der Waals surface area (Å²) in [6, 6.07) is 19.1. The van der Waals surface area contributed by atoms with Crippen LogP contribution in [0.3, 0.4) is 0 Å². The van der Waals surface area contributed by atoms with Gasteiger partial charge in [-0.1, -0.05) is 54.1 Å². The molecule has 1 aromatic heterocycles. The van der Waals surface area contributed by atoms with Crippen molar-refractivity contribution in [1.29, 1.82) is 5.26 Å². The predicted octanol–water partition coefficient (Wildman–Crippen LogP) is 4.80. The Morgan fingerprint density at radius 3 is 2.61 bits per heavy atom. The van der Waals surface area contributed by atoms with Gasteiger partial charge in [0.15, 0.2) is 10.7 Å². The maximum atomic E-state index is 9.32. The summed E-state index contributed by atoms with van der Waals surface area (Å²) in [6.07, 6.45) is 0. The highest BCUT2D eigenvalue weighted by molar-refractivity contribution is 7.12. The summed E-state index contributed by atoms with van der Waals surface area (Å²) in [5.41, 5.74) is 5.50. The molecule has 4 nitrogen and oxygen atoms in total. The second-order valence-electron chi connectivity index (χ2n) is 4.57. The highest BCUT2D eigenvalue weighted by Crippen LogP contribution is 2.23. The molecule has 23 heavy (non-hydrogen) atoms. The van der Waals surface area contributed by atoms with Gasteiger partial charge in [0.05, 0.1) is 16.4 Å². The maximum Gasteiger partial charge on any atom is 0.196 e. The Morgan fingerprint density at radius 2 is 1.87 bits per heavy atom. The zero-order chi connectivity index (χ0) is 16.1. The molecule has 3 aromatic rings. The van der Waals surface area contributed by atoms with Crippen LogP contribution in [0.1, 0.15) is 5.01 Å². The van der Waals surface area contributed by atoms with Crippen LogP contribution in [-0.2, 0) is 0 Å². The van der Waals surface area contributed by atoms with E-state index in [0.717, 1.165) is 11.3 Å². The van der Waals surface area contributed by atoms with Crippen LogP contribution in [0.5, 0.6) is 0 Å². The Labute approximate surface area is 142 Å². The quantitative estimate of drug-likeness (QED) is 0.549. The first-order valence-electron chi connectivity index (χ1n) is 6.77. The Morgan fingerprint density at radius 1 is 1.13 bits per heavy atom. The Balaban J connectivity index is 1.85. The molecule has 0 saturated heterocycles. The smallest absolute Gasteiger partial charge is 0.196 e. The minimum atomic E-state index is 0.220. The molecule has 0 atom stereocenters. The zero-order valence-corrected chi connectivity index (χ0v) is 13.5. The number of thiazole rings is 1. The lowest BCUT2D eigenvalue weighted by atomic mass is 10.2. The molecule has 2 aromatic carbocycles. The molecule has 0 radical (unpaired) electrons. The molecule has 0 aliphatic heterocycles. The third-order valence-electron chi connectivity index (χ3n) is 3.04. The molecule has 6 heteroatoms. The summed E-state index contributed by atoms with van der Waals surface area (Å²) in [4.78, 5) is 4.48. The molecule has 0 amide bonds. The lowest BCUT2D eigenvalue weighted by Gasteiger charge is -2.02. The average Bonchev–Trinajstić information content (AvgIpc) is 3.08. The highest BCUT2D eigenvalue weighted by atomic mass is 35.5. The van der Waals surface area contributed by atoms with Crippen molar-refractivity contribution in [1.82, 2.24) is 4.98 Å². The van der Waals surface area contributed by atoms with Crippen LogP contribution in [-0.4, -0.2) is 10.7 Å². The third kappa shape index (κ3) is 3.57. The largest absolute Gasteiger partial charge is 0.276 e. The van der Waals surface area contributed by atoms with Crippen LogP contribution in [0, 0.1) is 11.3 Å². The van der Waals surface area contributed by atoms with E-state index in [0.29, 0.717) is 15.7 Å². The number of halogens is 1. The fourth-order valence-electron chi connectivity index (χ4n) is 1.91. The first-order chi connectivity index (χ1) is 11.3. The number of nitrogens with zero attached hydrogens (tertiary/aromatic N) is 3. The SMILES string of the molecule is N#C/C(=N\Nc1ccccc1Cl)c1nc(-c2ccccc2)cs1. The van der Waals surface area contributed by atoms with Gasteiger partial charge in [-0.3, -0.25) is 5.43 Å². The molecule has 0 spiro atoms. The van der Waals surface area contributed by atoms with Gasteiger partial charge < -0.3 is 0 Å². The van der Waals surface area contributed by atoms with Gasteiger partial charge in [-0.2, -0.15) is 10.4 Å². The third-order valence-corrected chi connectivity index (χ3v) is 4.22. The number of nitriles is 1. The molecular formula is C17H11ClN4S. The number of anilines is 1. The minimum Gasteiger partial charge on any atom is -0.276 e. The number of nitrogens with one attached hydrogen (secondary N) is 1. The molecule has 0 fully saturated rings. The average molecular weight is 339 g/mol. The van der Waals surface area contributed by atoms with Crippen molar-refractivity contribution in [3.05, 3.63) is 70.0 Å². The Bertz CT molecular complexity index is 881. The molecule has 0 aliphatic rings. The van der Waals surface area contributed by atoms with E-state index in [4.69, 9.17) is 11.6 Å². The van der Waals surface area contributed by atoms with Crippen LogP contribution < -0.4 is 5.43 Å². The topological polar surface area (TPSA) is 61.1 Å². The molecule has 0 aliphatic carbocycles. The number of hydrazone groups is 1. The van der Waals surface area contributed by atoms with Gasteiger partial charge in [-0.15, -0.1) is 11.3 Å². The molecule has 3 rings (SSSR count). The second-order valence-corrected chi connectivity index (χ2v) is 5.83. The van der Waals surface area contributed by atoms with Crippen LogP contribution in [0.25, 0.3) is 11.3 Å². The zero-order valence-electron chi connectivity index (χ0n) is 11.9. The molecule has 0 unspecified atom stereocenters. The van der Waals surface area contributed by atoms with Gasteiger partial charge >= 0.3 is 0 Å². The summed E-state index contributed by atoms with van der Waals surface area (Å²) < 4.78 is 0. The summed E-state index contributed by atoms with van der Waals surface area (Å²) in [7, 11) is 0. The van der Waals surface area contributed by atoms with Crippen molar-refractivity contribution < 1.29 is 0 Å². The van der Waals surface area contributed by atoms with Gasteiger partial charge in [0, 0.05) is 10.9 Å². The number of rotatable bonds is 4. The predicted molar refractivity (Wildman–Crippen MR) is 94.8 cm³/mol. The van der Waals surface area contributed by atoms with Gasteiger partial charge in [0.1, 0.15) is 6.07 Å². The van der Waals surface area contributed by atoms with E-state index < -0.39 is 0 Å². The van der Waals surface area contributed by atoms with Crippen LogP contribution >= 0.6 is 22.9 Å². The van der Waals surface area contributed by atoms with E-state index in [1.165, 1.54) is 11.3 Å². The summed E-state index contributed by atoms with van der Waals surface area (Å²) in [6.45, 7) is 0. The monoisotopic (exact) mass is 338 g/mol. The second kappa shape index (κ2) is 7.05. The molecule has 112 valence electrons. The van der Waals surface area contributed by atoms with Crippen molar-refractivity contribution in [2.24, 2.45) is 5.10 Å². The lowest BCUT2D eigenvalue weighted by Crippen LogP contribution is -2.01. The normalized spacial score (nSPS) is 11.0. The van der Waals surface area contributed by atoms with Gasteiger partial charge in [0.25, 0.3) is 0 Å². The molecule has 0 bridgehead atoms. The van der Waals surface area contributed by atoms with Gasteiger partial charge in [0.2, 0.25) is 0 Å². The van der Waals surface area contributed by atoms with E-state index in [1.54, 1.807) is 12.1 Å². The van der Waals surface area contributed by atoms with Crippen molar-refractivity contribution in [2.75, 3.05) is 5.43 Å². The molecular weight excluding hydrogens is 328 g/mol. The van der Waals surface area contributed by atoms with Crippen molar-refractivity contribution >= 4 is 34.3 Å². The van der Waals surface area contributed by atoms with Crippen molar-refractivity contribution in [3.8, 4) is 17.3 Å². The number of hydrogen-bond donors (Lipinski definition) is 1.